The van der Waals surface area contributed by atoms with Crippen LogP contribution in [0.25, 0.3) is 0 Å². The van der Waals surface area contributed by atoms with Crippen LogP contribution >= 0.6 is 15.9 Å². The Morgan fingerprint density at radius 3 is 2.41 bits per heavy atom. The van der Waals surface area contributed by atoms with Crippen molar-refractivity contribution in [2.24, 2.45) is 0 Å². The highest BCUT2D eigenvalue weighted by molar-refractivity contribution is 9.09. The van der Waals surface area contributed by atoms with E-state index in [0.29, 0.717) is 0 Å². The quantitative estimate of drug-likeness (QED) is 0.668. The number of carbonyl (C=O) groups excluding carboxylic acids is 1. The van der Waals surface area contributed by atoms with Gasteiger partial charge in [-0.1, -0.05) is 34.1 Å². The summed E-state index contributed by atoms with van der Waals surface area (Å²) in [4.78, 5) is 22.2. The number of carboxylic acid groups (broad SMARTS) is 1. The van der Waals surface area contributed by atoms with Crippen molar-refractivity contribution in [3.63, 3.8) is 0 Å². The van der Waals surface area contributed by atoms with E-state index in [4.69, 9.17) is 5.11 Å². The van der Waals surface area contributed by atoms with E-state index in [0.717, 1.165) is 0 Å². The molecule has 0 saturated carbocycles. The molecular formula is C11H10BrFO4. The van der Waals surface area contributed by atoms with Gasteiger partial charge in [0.1, 0.15) is 0 Å². The minimum absolute atomic E-state index is 0.181. The number of hydrogen-bond acceptors (Lipinski definition) is 3. The first kappa shape index (κ1) is 13.6. The van der Waals surface area contributed by atoms with E-state index in [1.807, 2.05) is 0 Å². The number of hydrogen-bond donors (Lipinski definition) is 1. The fraction of sp³-hybridized carbons (Fsp3) is 0.273. The second kappa shape index (κ2) is 6.34. The predicted molar refractivity (Wildman–Crippen MR) is 62.0 cm³/mol. The molecule has 0 radical (unpaired) electrons. The van der Waals surface area contributed by atoms with Gasteiger partial charge < -0.3 is 9.84 Å². The number of benzene rings is 1. The van der Waals surface area contributed by atoms with Crippen LogP contribution in [0.3, 0.4) is 0 Å². The Morgan fingerprint density at radius 1 is 1.35 bits per heavy atom. The van der Waals surface area contributed by atoms with Crippen LogP contribution in [0.15, 0.2) is 30.3 Å². The number of alkyl halides is 2. The monoisotopic (exact) mass is 304 g/mol. The lowest BCUT2D eigenvalue weighted by atomic mass is 10.2. The van der Waals surface area contributed by atoms with Crippen molar-refractivity contribution < 1.29 is 23.8 Å². The summed E-state index contributed by atoms with van der Waals surface area (Å²) in [6, 6.07) is 7.82. The van der Waals surface area contributed by atoms with E-state index in [-0.39, 0.29) is 10.9 Å². The van der Waals surface area contributed by atoms with Crippen LogP contribution in [0, 0.1) is 0 Å². The Bertz CT molecular complexity index is 396. The van der Waals surface area contributed by atoms with E-state index < -0.39 is 24.2 Å². The van der Waals surface area contributed by atoms with Crippen molar-refractivity contribution >= 4 is 27.9 Å². The molecule has 0 bridgehead atoms. The van der Waals surface area contributed by atoms with Gasteiger partial charge >= 0.3 is 11.9 Å². The maximum absolute atomic E-state index is 13.2. The molecule has 0 unspecified atom stereocenters. The second-order valence-corrected chi connectivity index (χ2v) is 3.85. The summed E-state index contributed by atoms with van der Waals surface area (Å²) in [5.74, 6) is -2.37. The molecule has 0 heterocycles. The van der Waals surface area contributed by atoms with E-state index in [2.05, 4.69) is 20.7 Å². The number of ether oxygens (including phenoxy) is 1. The van der Waals surface area contributed by atoms with E-state index in [1.165, 1.54) is 12.1 Å². The summed E-state index contributed by atoms with van der Waals surface area (Å²) in [5.41, 5.74) is 0.181. The third-order valence-electron chi connectivity index (χ3n) is 1.96. The topological polar surface area (TPSA) is 63.6 Å². The molecule has 0 aromatic heterocycles. The zero-order valence-corrected chi connectivity index (χ0v) is 10.3. The second-order valence-electron chi connectivity index (χ2n) is 3.20. The lowest BCUT2D eigenvalue weighted by Crippen LogP contribution is -2.36. The van der Waals surface area contributed by atoms with Crippen LogP contribution in [0.2, 0.25) is 0 Å². The van der Waals surface area contributed by atoms with Crippen molar-refractivity contribution in [2.75, 3.05) is 5.33 Å². The van der Waals surface area contributed by atoms with E-state index in [9.17, 15) is 14.0 Å². The molecule has 0 amide bonds. The molecular weight excluding hydrogens is 295 g/mol. The van der Waals surface area contributed by atoms with Crippen LogP contribution in [0.1, 0.15) is 10.4 Å². The zero-order chi connectivity index (χ0) is 12.8. The number of rotatable bonds is 5. The molecule has 4 nitrogen and oxygen atoms in total. The van der Waals surface area contributed by atoms with E-state index >= 15 is 0 Å². The molecule has 6 heteroatoms. The lowest BCUT2D eigenvalue weighted by molar-refractivity contribution is -0.150. The highest BCUT2D eigenvalue weighted by Crippen LogP contribution is 2.11. The number of esters is 1. The first-order valence-corrected chi connectivity index (χ1v) is 5.87. The summed E-state index contributed by atoms with van der Waals surface area (Å²) in [5, 5.41) is 8.52. The van der Waals surface area contributed by atoms with Gasteiger partial charge in [0.05, 0.1) is 5.56 Å². The van der Waals surface area contributed by atoms with Gasteiger partial charge in [-0.3, -0.25) is 0 Å². The number of aliphatic carboxylic acids is 1. The van der Waals surface area contributed by atoms with Gasteiger partial charge in [-0.15, -0.1) is 0 Å². The molecule has 0 aliphatic heterocycles. The fourth-order valence-electron chi connectivity index (χ4n) is 1.12. The third-order valence-corrected chi connectivity index (χ3v) is 2.58. The molecule has 2 atom stereocenters. The molecule has 17 heavy (non-hydrogen) atoms. The van der Waals surface area contributed by atoms with Gasteiger partial charge in [0.25, 0.3) is 0 Å². The Morgan fingerprint density at radius 2 is 1.94 bits per heavy atom. The molecule has 1 aromatic carbocycles. The average molecular weight is 305 g/mol. The number of carbonyl (C=O) groups is 2. The predicted octanol–water partition coefficient (Wildman–Crippen LogP) is 2.03. The molecule has 0 saturated heterocycles. The van der Waals surface area contributed by atoms with Crippen molar-refractivity contribution in [3.05, 3.63) is 35.9 Å². The first-order valence-electron chi connectivity index (χ1n) is 4.75. The van der Waals surface area contributed by atoms with Gasteiger partial charge in [0, 0.05) is 5.33 Å². The highest BCUT2D eigenvalue weighted by atomic mass is 79.9. The molecule has 0 spiro atoms. The van der Waals surface area contributed by atoms with Crippen molar-refractivity contribution in [1.29, 1.82) is 0 Å². The average Bonchev–Trinajstić information content (AvgIpc) is 2.35. The van der Waals surface area contributed by atoms with Crippen LogP contribution in [0.5, 0.6) is 0 Å². The van der Waals surface area contributed by atoms with Crippen LogP contribution in [-0.4, -0.2) is 34.7 Å². The molecule has 0 aliphatic carbocycles. The van der Waals surface area contributed by atoms with Crippen LogP contribution in [-0.2, 0) is 9.53 Å². The summed E-state index contributed by atoms with van der Waals surface area (Å²) < 4.78 is 17.8. The van der Waals surface area contributed by atoms with Crippen molar-refractivity contribution in [1.82, 2.24) is 0 Å². The maximum atomic E-state index is 13.2. The van der Waals surface area contributed by atoms with E-state index in [1.54, 1.807) is 18.2 Å². The minimum atomic E-state index is -1.80. The van der Waals surface area contributed by atoms with Crippen LogP contribution < -0.4 is 0 Å². The normalized spacial score (nSPS) is 13.8. The Kier molecular flexibility index (Phi) is 5.09. The standard InChI is InChI=1S/C11H10BrFO4/c12-6-8(13)9(10(14)15)17-11(16)7-4-2-1-3-5-7/h1-5,8-9H,6H2,(H,14,15)/t8-,9+/m1/s1. The third kappa shape index (κ3) is 3.81. The largest absolute Gasteiger partial charge is 0.478 e. The molecule has 0 aliphatic rings. The molecule has 1 rings (SSSR count). The Labute approximate surface area is 106 Å². The van der Waals surface area contributed by atoms with Gasteiger partial charge in [0.15, 0.2) is 6.17 Å². The Hall–Kier alpha value is -1.43. The van der Waals surface area contributed by atoms with Gasteiger partial charge in [-0.05, 0) is 12.1 Å². The highest BCUT2D eigenvalue weighted by Gasteiger charge is 2.31. The summed E-state index contributed by atoms with van der Waals surface area (Å²) in [7, 11) is 0. The minimum Gasteiger partial charge on any atom is -0.478 e. The van der Waals surface area contributed by atoms with Crippen molar-refractivity contribution in [3.8, 4) is 0 Å². The Balaban J connectivity index is 2.75. The number of carboxylic acids is 1. The van der Waals surface area contributed by atoms with Gasteiger partial charge in [0.2, 0.25) is 6.10 Å². The lowest BCUT2D eigenvalue weighted by Gasteiger charge is -2.15. The summed E-state index contributed by atoms with van der Waals surface area (Å²) in [6.07, 6.45) is -3.60. The first-order chi connectivity index (χ1) is 8.06. The number of halogens is 2. The molecule has 92 valence electrons. The molecule has 1 aromatic rings. The van der Waals surface area contributed by atoms with Crippen LogP contribution in [0.4, 0.5) is 4.39 Å². The van der Waals surface area contributed by atoms with Gasteiger partial charge in [-0.25, -0.2) is 14.0 Å². The SMILES string of the molecule is O=C(O[C@H](C(=O)O)[C@H](F)CBr)c1ccccc1. The zero-order valence-electron chi connectivity index (χ0n) is 8.68. The van der Waals surface area contributed by atoms with Gasteiger partial charge in [-0.2, -0.15) is 0 Å². The summed E-state index contributed by atoms with van der Waals surface area (Å²) in [6.45, 7) is 0. The fourth-order valence-corrected chi connectivity index (χ4v) is 1.46. The smallest absolute Gasteiger partial charge is 0.348 e. The maximum Gasteiger partial charge on any atom is 0.348 e. The molecule has 1 N–H and O–H groups in total. The summed E-state index contributed by atoms with van der Waals surface area (Å²) >= 11 is 2.80. The molecule has 0 fully saturated rings. The van der Waals surface area contributed by atoms with Crippen molar-refractivity contribution in [2.45, 2.75) is 12.3 Å².